The van der Waals surface area contributed by atoms with Crippen molar-refractivity contribution in [3.05, 3.63) is 29.8 Å². The van der Waals surface area contributed by atoms with Crippen LogP contribution >= 0.6 is 0 Å². The lowest BCUT2D eigenvalue weighted by Gasteiger charge is -2.19. The second-order valence-electron chi connectivity index (χ2n) is 5.54. The Kier molecular flexibility index (Phi) is 5.01. The number of aryl methyl sites for hydroxylation is 1. The zero-order chi connectivity index (χ0) is 14.5. The SMILES string of the molecule is Cc1ccccc1OC(C)CNC(=O)C1CCCC1O. The maximum Gasteiger partial charge on any atom is 0.225 e. The molecule has 4 nitrogen and oxygen atoms in total. The smallest absolute Gasteiger partial charge is 0.225 e. The Morgan fingerprint density at radius 1 is 1.45 bits per heavy atom. The van der Waals surface area contributed by atoms with Crippen molar-refractivity contribution in [1.82, 2.24) is 5.32 Å². The first-order chi connectivity index (χ1) is 9.58. The predicted octanol–water partition coefficient (Wildman–Crippen LogP) is 2.04. The van der Waals surface area contributed by atoms with Gasteiger partial charge in [-0.2, -0.15) is 0 Å². The molecular formula is C16H23NO3. The number of aliphatic hydroxyl groups is 1. The quantitative estimate of drug-likeness (QED) is 0.866. The van der Waals surface area contributed by atoms with Crippen LogP contribution in [0.15, 0.2) is 24.3 Å². The summed E-state index contributed by atoms with van der Waals surface area (Å²) in [6, 6.07) is 7.82. The Hall–Kier alpha value is -1.55. The highest BCUT2D eigenvalue weighted by Crippen LogP contribution is 2.25. The first-order valence-electron chi connectivity index (χ1n) is 7.26. The van der Waals surface area contributed by atoms with Gasteiger partial charge >= 0.3 is 0 Å². The standard InChI is InChI=1S/C16H23NO3/c1-11-6-3-4-9-15(11)20-12(2)10-17-16(19)13-7-5-8-14(13)18/h3-4,6,9,12-14,18H,5,7-8,10H2,1-2H3,(H,17,19). The molecule has 1 fully saturated rings. The van der Waals surface area contributed by atoms with E-state index in [1.54, 1.807) is 0 Å². The fourth-order valence-corrected chi connectivity index (χ4v) is 2.57. The molecule has 1 aliphatic rings. The van der Waals surface area contributed by atoms with Crippen LogP contribution in [0.25, 0.3) is 0 Å². The van der Waals surface area contributed by atoms with Gasteiger partial charge in [0.1, 0.15) is 11.9 Å². The van der Waals surface area contributed by atoms with E-state index in [0.717, 1.165) is 30.6 Å². The molecule has 3 unspecified atom stereocenters. The number of nitrogens with one attached hydrogen (secondary N) is 1. The summed E-state index contributed by atoms with van der Waals surface area (Å²) in [5, 5.41) is 12.6. The Balaban J connectivity index is 1.79. The van der Waals surface area contributed by atoms with E-state index in [9.17, 15) is 9.90 Å². The molecule has 0 radical (unpaired) electrons. The molecule has 0 aromatic heterocycles. The number of carbonyl (C=O) groups is 1. The number of hydrogen-bond donors (Lipinski definition) is 2. The second-order valence-corrected chi connectivity index (χ2v) is 5.54. The number of hydrogen-bond acceptors (Lipinski definition) is 3. The van der Waals surface area contributed by atoms with E-state index in [1.807, 2.05) is 38.1 Å². The van der Waals surface area contributed by atoms with Crippen LogP contribution in [0.1, 0.15) is 31.7 Å². The molecule has 0 saturated heterocycles. The summed E-state index contributed by atoms with van der Waals surface area (Å²) in [6.45, 7) is 4.38. The van der Waals surface area contributed by atoms with Gasteiger partial charge < -0.3 is 15.2 Å². The third kappa shape index (κ3) is 3.73. The average molecular weight is 277 g/mol. The summed E-state index contributed by atoms with van der Waals surface area (Å²) in [6.07, 6.45) is 1.85. The molecular weight excluding hydrogens is 254 g/mol. The number of ether oxygens (including phenoxy) is 1. The minimum absolute atomic E-state index is 0.0600. The van der Waals surface area contributed by atoms with Gasteiger partial charge in [0.15, 0.2) is 0 Å². The van der Waals surface area contributed by atoms with Crippen molar-refractivity contribution < 1.29 is 14.6 Å². The summed E-state index contributed by atoms with van der Waals surface area (Å²) in [7, 11) is 0. The molecule has 20 heavy (non-hydrogen) atoms. The first kappa shape index (κ1) is 14.9. The van der Waals surface area contributed by atoms with E-state index >= 15 is 0 Å². The van der Waals surface area contributed by atoms with Gasteiger partial charge in [-0.1, -0.05) is 18.2 Å². The van der Waals surface area contributed by atoms with Crippen molar-refractivity contribution in [1.29, 1.82) is 0 Å². The highest BCUT2D eigenvalue weighted by atomic mass is 16.5. The zero-order valence-electron chi connectivity index (χ0n) is 12.1. The van der Waals surface area contributed by atoms with Gasteiger partial charge in [-0.15, -0.1) is 0 Å². The van der Waals surface area contributed by atoms with E-state index < -0.39 is 6.10 Å². The minimum Gasteiger partial charge on any atom is -0.489 e. The van der Waals surface area contributed by atoms with E-state index in [2.05, 4.69) is 5.32 Å². The fourth-order valence-electron chi connectivity index (χ4n) is 2.57. The Bertz CT molecular complexity index is 461. The Morgan fingerprint density at radius 3 is 2.85 bits per heavy atom. The van der Waals surface area contributed by atoms with Crippen LogP contribution in [0.5, 0.6) is 5.75 Å². The van der Waals surface area contributed by atoms with E-state index in [0.29, 0.717) is 6.54 Å². The maximum absolute atomic E-state index is 12.0. The van der Waals surface area contributed by atoms with Crippen molar-refractivity contribution in [3.8, 4) is 5.75 Å². The van der Waals surface area contributed by atoms with Crippen LogP contribution in [0.2, 0.25) is 0 Å². The normalized spacial score (nSPS) is 23.4. The third-order valence-corrected chi connectivity index (χ3v) is 3.80. The van der Waals surface area contributed by atoms with E-state index in [-0.39, 0.29) is 17.9 Å². The van der Waals surface area contributed by atoms with Crippen molar-refractivity contribution in [3.63, 3.8) is 0 Å². The minimum atomic E-state index is -0.484. The van der Waals surface area contributed by atoms with Gasteiger partial charge in [0.25, 0.3) is 0 Å². The van der Waals surface area contributed by atoms with Crippen molar-refractivity contribution in [2.45, 2.75) is 45.3 Å². The number of rotatable bonds is 5. The molecule has 1 saturated carbocycles. The molecule has 110 valence electrons. The van der Waals surface area contributed by atoms with Gasteiger partial charge in [-0.25, -0.2) is 0 Å². The number of para-hydroxylation sites is 1. The van der Waals surface area contributed by atoms with Gasteiger partial charge in [0.05, 0.1) is 18.6 Å². The highest BCUT2D eigenvalue weighted by Gasteiger charge is 2.31. The summed E-state index contributed by atoms with van der Waals surface area (Å²) in [5.41, 5.74) is 1.08. The van der Waals surface area contributed by atoms with Gasteiger partial charge in [-0.3, -0.25) is 4.79 Å². The average Bonchev–Trinajstić information content (AvgIpc) is 2.85. The Labute approximate surface area is 120 Å². The number of aliphatic hydroxyl groups excluding tert-OH is 1. The highest BCUT2D eigenvalue weighted by molar-refractivity contribution is 5.79. The van der Waals surface area contributed by atoms with E-state index in [4.69, 9.17) is 4.74 Å². The monoisotopic (exact) mass is 277 g/mol. The molecule has 2 N–H and O–H groups in total. The lowest BCUT2D eigenvalue weighted by atomic mass is 10.1. The molecule has 1 aliphatic carbocycles. The van der Waals surface area contributed by atoms with Crippen LogP contribution < -0.4 is 10.1 Å². The number of benzene rings is 1. The molecule has 0 spiro atoms. The van der Waals surface area contributed by atoms with Gasteiger partial charge in [0.2, 0.25) is 5.91 Å². The number of carbonyl (C=O) groups excluding carboxylic acids is 1. The maximum atomic E-state index is 12.0. The molecule has 0 aliphatic heterocycles. The molecule has 0 heterocycles. The lowest BCUT2D eigenvalue weighted by Crippen LogP contribution is -2.39. The molecule has 1 aromatic rings. The van der Waals surface area contributed by atoms with Gasteiger partial charge in [-0.05, 0) is 44.7 Å². The molecule has 1 aromatic carbocycles. The first-order valence-corrected chi connectivity index (χ1v) is 7.26. The number of amides is 1. The van der Waals surface area contributed by atoms with Crippen LogP contribution in [0.3, 0.4) is 0 Å². The summed E-state index contributed by atoms with van der Waals surface area (Å²) in [4.78, 5) is 12.0. The van der Waals surface area contributed by atoms with Crippen LogP contribution in [-0.2, 0) is 4.79 Å². The summed E-state index contributed by atoms with van der Waals surface area (Å²) < 4.78 is 5.81. The van der Waals surface area contributed by atoms with Crippen LogP contribution in [0.4, 0.5) is 0 Å². The molecule has 0 bridgehead atoms. The Morgan fingerprint density at radius 2 is 2.20 bits per heavy atom. The largest absolute Gasteiger partial charge is 0.489 e. The fraction of sp³-hybridized carbons (Fsp3) is 0.562. The molecule has 4 heteroatoms. The molecule has 3 atom stereocenters. The van der Waals surface area contributed by atoms with Crippen molar-refractivity contribution >= 4 is 5.91 Å². The molecule has 1 amide bonds. The zero-order valence-corrected chi connectivity index (χ0v) is 12.1. The summed E-state index contributed by atoms with van der Waals surface area (Å²) in [5.74, 6) is 0.533. The lowest BCUT2D eigenvalue weighted by molar-refractivity contribution is -0.127. The van der Waals surface area contributed by atoms with Crippen molar-refractivity contribution in [2.24, 2.45) is 5.92 Å². The molecule has 2 rings (SSSR count). The second kappa shape index (κ2) is 6.75. The van der Waals surface area contributed by atoms with Crippen molar-refractivity contribution in [2.75, 3.05) is 6.54 Å². The third-order valence-electron chi connectivity index (χ3n) is 3.80. The van der Waals surface area contributed by atoms with Crippen LogP contribution in [-0.4, -0.2) is 29.8 Å². The summed E-state index contributed by atoms with van der Waals surface area (Å²) >= 11 is 0. The predicted molar refractivity (Wildman–Crippen MR) is 77.6 cm³/mol. The topological polar surface area (TPSA) is 58.6 Å². The van der Waals surface area contributed by atoms with Gasteiger partial charge in [0, 0.05) is 0 Å². The van der Waals surface area contributed by atoms with E-state index in [1.165, 1.54) is 0 Å². The van der Waals surface area contributed by atoms with Crippen LogP contribution in [0, 0.1) is 12.8 Å².